The van der Waals surface area contributed by atoms with Crippen LogP contribution in [0.4, 0.5) is 0 Å². The molecule has 0 aromatic heterocycles. The van der Waals surface area contributed by atoms with Crippen molar-refractivity contribution in [1.29, 1.82) is 0 Å². The molecule has 2 N–H and O–H groups in total. The van der Waals surface area contributed by atoms with E-state index in [2.05, 4.69) is 12.2 Å². The lowest BCUT2D eigenvalue weighted by molar-refractivity contribution is -0.143. The Morgan fingerprint density at radius 1 is 1.35 bits per heavy atom. The standard InChI is InChI=1S/C12H21NO3S/c1-2-3-7-17-8-4-10(14)13-9-12(5-6-12)11(15)16/h2-9H2,1H3,(H,13,14)(H,15,16). The molecule has 5 heteroatoms. The molecule has 0 aromatic carbocycles. The zero-order valence-electron chi connectivity index (χ0n) is 10.3. The van der Waals surface area contributed by atoms with Crippen molar-refractivity contribution in [3.05, 3.63) is 0 Å². The van der Waals surface area contributed by atoms with E-state index in [1.165, 1.54) is 12.8 Å². The lowest BCUT2D eigenvalue weighted by Gasteiger charge is -2.10. The Morgan fingerprint density at radius 3 is 2.59 bits per heavy atom. The van der Waals surface area contributed by atoms with Gasteiger partial charge in [0.2, 0.25) is 5.91 Å². The van der Waals surface area contributed by atoms with Crippen LogP contribution < -0.4 is 5.32 Å². The number of thioether (sulfide) groups is 1. The summed E-state index contributed by atoms with van der Waals surface area (Å²) in [6.45, 7) is 2.44. The molecule has 0 radical (unpaired) electrons. The number of aliphatic carboxylic acids is 1. The van der Waals surface area contributed by atoms with Gasteiger partial charge in [0, 0.05) is 18.7 Å². The van der Waals surface area contributed by atoms with E-state index in [1.54, 1.807) is 11.8 Å². The third-order valence-electron chi connectivity index (χ3n) is 3.05. The van der Waals surface area contributed by atoms with E-state index in [4.69, 9.17) is 5.11 Å². The number of hydrogen-bond donors (Lipinski definition) is 2. The van der Waals surface area contributed by atoms with Gasteiger partial charge in [-0.15, -0.1) is 0 Å². The van der Waals surface area contributed by atoms with Crippen LogP contribution in [0.25, 0.3) is 0 Å². The zero-order valence-corrected chi connectivity index (χ0v) is 11.1. The molecule has 1 fully saturated rings. The molecule has 0 atom stereocenters. The van der Waals surface area contributed by atoms with Gasteiger partial charge in [-0.05, 0) is 25.0 Å². The van der Waals surface area contributed by atoms with E-state index in [-0.39, 0.29) is 5.91 Å². The maximum atomic E-state index is 11.5. The molecule has 1 amide bonds. The summed E-state index contributed by atoms with van der Waals surface area (Å²) in [6.07, 6.45) is 4.24. The molecule has 0 unspecified atom stereocenters. The largest absolute Gasteiger partial charge is 0.481 e. The molecule has 1 saturated carbocycles. The van der Waals surface area contributed by atoms with Crippen LogP contribution in [-0.2, 0) is 9.59 Å². The fourth-order valence-corrected chi connectivity index (χ4v) is 2.51. The molecule has 1 rings (SSSR count). The average Bonchev–Trinajstić information content (AvgIpc) is 3.07. The monoisotopic (exact) mass is 259 g/mol. The number of carbonyl (C=O) groups excluding carboxylic acids is 1. The molecule has 4 nitrogen and oxygen atoms in total. The Hall–Kier alpha value is -0.710. The minimum atomic E-state index is -0.782. The summed E-state index contributed by atoms with van der Waals surface area (Å²) in [4.78, 5) is 22.3. The SMILES string of the molecule is CCCCSCCC(=O)NCC1(C(=O)O)CC1. The van der Waals surface area contributed by atoms with E-state index in [9.17, 15) is 9.59 Å². The Labute approximate surface area is 107 Å². The van der Waals surface area contributed by atoms with Crippen molar-refractivity contribution in [3.8, 4) is 0 Å². The van der Waals surface area contributed by atoms with Crippen molar-refractivity contribution >= 4 is 23.6 Å². The number of carboxylic acids is 1. The van der Waals surface area contributed by atoms with Crippen LogP contribution in [-0.4, -0.2) is 35.0 Å². The number of hydrogen-bond acceptors (Lipinski definition) is 3. The lowest BCUT2D eigenvalue weighted by Crippen LogP contribution is -2.34. The highest BCUT2D eigenvalue weighted by atomic mass is 32.2. The van der Waals surface area contributed by atoms with E-state index in [0.29, 0.717) is 25.8 Å². The topological polar surface area (TPSA) is 66.4 Å². The minimum Gasteiger partial charge on any atom is -0.481 e. The summed E-state index contributed by atoms with van der Waals surface area (Å²) in [5.74, 6) is 1.12. The van der Waals surface area contributed by atoms with E-state index < -0.39 is 11.4 Å². The number of carbonyl (C=O) groups is 2. The Kier molecular flexibility index (Phi) is 5.82. The summed E-state index contributed by atoms with van der Waals surface area (Å²) in [7, 11) is 0. The highest BCUT2D eigenvalue weighted by Crippen LogP contribution is 2.45. The Balaban J connectivity index is 2.04. The molecule has 17 heavy (non-hydrogen) atoms. The molecule has 0 saturated heterocycles. The van der Waals surface area contributed by atoms with E-state index >= 15 is 0 Å². The zero-order chi connectivity index (χ0) is 12.7. The molecule has 0 aromatic rings. The van der Waals surface area contributed by atoms with Crippen LogP contribution in [0.5, 0.6) is 0 Å². The molecular formula is C12H21NO3S. The van der Waals surface area contributed by atoms with Gasteiger partial charge >= 0.3 is 5.97 Å². The number of nitrogens with one attached hydrogen (secondary N) is 1. The fourth-order valence-electron chi connectivity index (χ4n) is 1.49. The predicted molar refractivity (Wildman–Crippen MR) is 69.2 cm³/mol. The van der Waals surface area contributed by atoms with Gasteiger partial charge in [0.05, 0.1) is 5.41 Å². The summed E-state index contributed by atoms with van der Waals surface area (Å²) in [5.41, 5.74) is -0.648. The highest BCUT2D eigenvalue weighted by Gasteiger charge is 2.50. The Morgan fingerprint density at radius 2 is 2.06 bits per heavy atom. The maximum Gasteiger partial charge on any atom is 0.311 e. The van der Waals surface area contributed by atoms with Crippen LogP contribution >= 0.6 is 11.8 Å². The second-order valence-corrected chi connectivity index (χ2v) is 5.80. The number of amides is 1. The van der Waals surface area contributed by atoms with Crippen molar-refractivity contribution in [3.63, 3.8) is 0 Å². The van der Waals surface area contributed by atoms with Crippen LogP contribution in [0.2, 0.25) is 0 Å². The summed E-state index contributed by atoms with van der Waals surface area (Å²) in [5, 5.41) is 11.7. The van der Waals surface area contributed by atoms with Crippen molar-refractivity contribution in [2.24, 2.45) is 5.41 Å². The average molecular weight is 259 g/mol. The van der Waals surface area contributed by atoms with Crippen molar-refractivity contribution in [2.45, 2.75) is 39.0 Å². The first-order chi connectivity index (χ1) is 8.10. The number of rotatable bonds is 9. The molecule has 0 aliphatic heterocycles. The Bertz CT molecular complexity index is 277. The second-order valence-electron chi connectivity index (χ2n) is 4.58. The molecular weight excluding hydrogens is 238 g/mol. The molecule has 0 heterocycles. The van der Waals surface area contributed by atoms with Crippen molar-refractivity contribution in [1.82, 2.24) is 5.32 Å². The summed E-state index contributed by atoms with van der Waals surface area (Å²) in [6, 6.07) is 0. The first kappa shape index (κ1) is 14.4. The first-order valence-electron chi connectivity index (χ1n) is 6.18. The third-order valence-corrected chi connectivity index (χ3v) is 4.12. The van der Waals surface area contributed by atoms with Gasteiger partial charge in [0.15, 0.2) is 0 Å². The smallest absolute Gasteiger partial charge is 0.311 e. The molecule has 0 spiro atoms. The highest BCUT2D eigenvalue weighted by molar-refractivity contribution is 7.99. The number of carboxylic acid groups (broad SMARTS) is 1. The molecule has 98 valence electrons. The fraction of sp³-hybridized carbons (Fsp3) is 0.833. The van der Waals surface area contributed by atoms with Gasteiger partial charge in [-0.25, -0.2) is 0 Å². The first-order valence-corrected chi connectivity index (χ1v) is 7.34. The van der Waals surface area contributed by atoms with Gasteiger partial charge in [-0.3, -0.25) is 9.59 Å². The molecule has 1 aliphatic carbocycles. The second kappa shape index (κ2) is 6.89. The predicted octanol–water partition coefficient (Wildman–Crippen LogP) is 1.89. The van der Waals surface area contributed by atoms with Crippen molar-refractivity contribution < 1.29 is 14.7 Å². The lowest BCUT2D eigenvalue weighted by atomic mass is 10.1. The van der Waals surface area contributed by atoms with Gasteiger partial charge in [-0.1, -0.05) is 13.3 Å². The van der Waals surface area contributed by atoms with Gasteiger partial charge in [0.1, 0.15) is 0 Å². The summed E-state index contributed by atoms with van der Waals surface area (Å²) < 4.78 is 0. The third kappa shape index (κ3) is 4.98. The quantitative estimate of drug-likeness (QED) is 0.621. The maximum absolute atomic E-state index is 11.5. The van der Waals surface area contributed by atoms with Crippen molar-refractivity contribution in [2.75, 3.05) is 18.1 Å². The normalized spacial score (nSPS) is 16.5. The van der Waals surface area contributed by atoms with Crippen LogP contribution in [0.3, 0.4) is 0 Å². The molecule has 1 aliphatic rings. The molecule has 0 bridgehead atoms. The van der Waals surface area contributed by atoms with Gasteiger partial charge in [0.25, 0.3) is 0 Å². The summed E-state index contributed by atoms with van der Waals surface area (Å²) >= 11 is 1.78. The van der Waals surface area contributed by atoms with Crippen LogP contribution in [0, 0.1) is 5.41 Å². The van der Waals surface area contributed by atoms with E-state index in [0.717, 1.165) is 11.5 Å². The minimum absolute atomic E-state index is 0.0264. The number of unbranched alkanes of at least 4 members (excludes halogenated alkanes) is 1. The van der Waals surface area contributed by atoms with Crippen LogP contribution in [0.15, 0.2) is 0 Å². The van der Waals surface area contributed by atoms with Gasteiger partial charge in [-0.2, -0.15) is 11.8 Å². The van der Waals surface area contributed by atoms with E-state index in [1.807, 2.05) is 0 Å². The van der Waals surface area contributed by atoms with Crippen LogP contribution in [0.1, 0.15) is 39.0 Å². The van der Waals surface area contributed by atoms with Gasteiger partial charge < -0.3 is 10.4 Å².